The average molecular weight is 317 g/mol. The summed E-state index contributed by atoms with van der Waals surface area (Å²) < 4.78 is 35.0. The Kier molecular flexibility index (Phi) is 3.05. The molecule has 2 aliphatic rings. The van der Waals surface area contributed by atoms with Crippen LogP contribution in [-0.2, 0) is 14.7 Å². The topological polar surface area (TPSA) is 100 Å². The second kappa shape index (κ2) is 4.52. The first-order valence-electron chi connectivity index (χ1n) is 5.71. The van der Waals surface area contributed by atoms with Crippen molar-refractivity contribution in [2.24, 2.45) is 0 Å². The molecule has 1 saturated heterocycles. The first-order valence-corrected chi connectivity index (χ1v) is 7.96. The van der Waals surface area contributed by atoms with Crippen LogP contribution in [0.25, 0.3) is 5.57 Å². The number of urea groups is 1. The summed E-state index contributed by atoms with van der Waals surface area (Å²) in [6.07, 6.45) is 1.64. The largest absolute Gasteiger partial charge is 0.418 e. The van der Waals surface area contributed by atoms with Crippen molar-refractivity contribution >= 4 is 33.3 Å². The lowest BCUT2D eigenvalue weighted by atomic mass is 9.99. The van der Waals surface area contributed by atoms with E-state index in [0.717, 1.165) is 11.1 Å². The number of aromatic nitrogens is 1. The van der Waals surface area contributed by atoms with Crippen LogP contribution in [0.2, 0.25) is 0 Å². The van der Waals surface area contributed by atoms with Crippen LogP contribution in [0.4, 0.5) is 4.79 Å². The molecule has 2 aliphatic heterocycles. The zero-order valence-corrected chi connectivity index (χ0v) is 12.0. The van der Waals surface area contributed by atoms with E-state index in [1.54, 1.807) is 11.6 Å². The molecule has 3 heterocycles. The molecule has 1 unspecified atom stereocenters. The molecule has 0 aromatic carbocycles. The second-order valence-electron chi connectivity index (χ2n) is 4.54. The standard InChI is InChI=1S/C10H11N3O5S2/c1-6-4-12-5-7(8(6)9-11-2-3-19-9)13(10(12)14)18-20(15,16)17/h2-3,7H,4-5H2,1H3,(H,15,16,17). The van der Waals surface area contributed by atoms with Gasteiger partial charge in [0.1, 0.15) is 11.0 Å². The van der Waals surface area contributed by atoms with E-state index in [1.165, 1.54) is 16.2 Å². The van der Waals surface area contributed by atoms with E-state index in [1.807, 2.05) is 6.92 Å². The van der Waals surface area contributed by atoms with Crippen LogP contribution in [0, 0.1) is 0 Å². The van der Waals surface area contributed by atoms with Gasteiger partial charge in [-0.1, -0.05) is 0 Å². The molecule has 1 atom stereocenters. The van der Waals surface area contributed by atoms with Gasteiger partial charge in [-0.25, -0.2) is 9.78 Å². The number of fused-ring (bicyclic) bond motifs is 2. The first kappa shape index (κ1) is 13.5. The molecule has 108 valence electrons. The van der Waals surface area contributed by atoms with Gasteiger partial charge in [-0.15, -0.1) is 15.6 Å². The van der Waals surface area contributed by atoms with Gasteiger partial charge in [0.05, 0.1) is 6.54 Å². The maximum Gasteiger partial charge on any atom is 0.418 e. The van der Waals surface area contributed by atoms with Crippen molar-refractivity contribution in [3.8, 4) is 0 Å². The number of hydroxylamine groups is 2. The minimum absolute atomic E-state index is 0.306. The van der Waals surface area contributed by atoms with E-state index in [0.29, 0.717) is 23.2 Å². The van der Waals surface area contributed by atoms with Gasteiger partial charge in [0, 0.05) is 23.7 Å². The van der Waals surface area contributed by atoms with Crippen molar-refractivity contribution in [2.75, 3.05) is 13.1 Å². The monoisotopic (exact) mass is 317 g/mol. The molecule has 0 radical (unpaired) electrons. The molecule has 8 nitrogen and oxygen atoms in total. The summed E-state index contributed by atoms with van der Waals surface area (Å²) in [5.74, 6) is 0. The van der Waals surface area contributed by atoms with E-state index in [9.17, 15) is 13.2 Å². The summed E-state index contributed by atoms with van der Waals surface area (Å²) in [6, 6.07) is -1.18. The Balaban J connectivity index is 2.02. The SMILES string of the molecule is CC1=C(c2nccs2)C2CN(C1)C(=O)N2OS(=O)(=O)O. The number of rotatable bonds is 3. The lowest BCUT2D eigenvalue weighted by Crippen LogP contribution is -2.36. The van der Waals surface area contributed by atoms with Crippen LogP contribution in [0.1, 0.15) is 11.9 Å². The van der Waals surface area contributed by atoms with E-state index >= 15 is 0 Å². The smallest absolute Gasteiger partial charge is 0.316 e. The predicted octanol–water partition coefficient (Wildman–Crippen LogP) is 0.771. The summed E-state index contributed by atoms with van der Waals surface area (Å²) in [6.45, 7) is 2.55. The van der Waals surface area contributed by atoms with Crippen molar-refractivity contribution < 1.29 is 22.0 Å². The molecule has 0 spiro atoms. The lowest BCUT2D eigenvalue weighted by molar-refractivity contribution is -0.0160. The minimum Gasteiger partial charge on any atom is -0.316 e. The molecule has 20 heavy (non-hydrogen) atoms. The third-order valence-electron chi connectivity index (χ3n) is 3.19. The van der Waals surface area contributed by atoms with Crippen LogP contribution in [0.3, 0.4) is 0 Å². The Morgan fingerprint density at radius 3 is 2.90 bits per heavy atom. The lowest BCUT2D eigenvalue weighted by Gasteiger charge is -2.25. The number of carbonyl (C=O) groups excluding carboxylic acids is 1. The average Bonchev–Trinajstić information content (AvgIpc) is 2.92. The fourth-order valence-corrected chi connectivity index (χ4v) is 3.68. The second-order valence-corrected chi connectivity index (χ2v) is 6.44. The van der Waals surface area contributed by atoms with Gasteiger partial charge in [-0.05, 0) is 12.5 Å². The molecule has 0 aliphatic carbocycles. The molecular formula is C10H11N3O5S2. The molecule has 10 heteroatoms. The summed E-state index contributed by atoms with van der Waals surface area (Å²) in [5, 5.41) is 3.21. The molecule has 2 bridgehead atoms. The molecular weight excluding hydrogens is 306 g/mol. The zero-order valence-electron chi connectivity index (χ0n) is 10.4. The molecule has 0 saturated carbocycles. The molecule has 1 aromatic heterocycles. The highest BCUT2D eigenvalue weighted by atomic mass is 32.3. The Bertz CT molecular complexity index is 682. The first-order chi connectivity index (χ1) is 9.37. The number of nitrogens with zero attached hydrogens (tertiary/aromatic N) is 3. The number of hydrogen-bond acceptors (Lipinski definition) is 6. The van der Waals surface area contributed by atoms with Crippen LogP contribution in [-0.4, -0.2) is 53.1 Å². The van der Waals surface area contributed by atoms with Gasteiger partial charge in [-0.2, -0.15) is 13.5 Å². The Morgan fingerprint density at radius 1 is 1.55 bits per heavy atom. The Hall–Kier alpha value is -1.49. The van der Waals surface area contributed by atoms with E-state index in [4.69, 9.17) is 4.55 Å². The van der Waals surface area contributed by atoms with Gasteiger partial charge in [-0.3, -0.25) is 4.55 Å². The van der Waals surface area contributed by atoms with Gasteiger partial charge >= 0.3 is 16.4 Å². The third-order valence-corrected chi connectivity index (χ3v) is 4.35. The third kappa shape index (κ3) is 2.20. The fraction of sp³-hybridized carbons (Fsp3) is 0.400. The number of amides is 2. The van der Waals surface area contributed by atoms with Crippen LogP contribution < -0.4 is 0 Å². The number of thiazole rings is 1. The summed E-state index contributed by atoms with van der Waals surface area (Å²) in [4.78, 5) is 17.7. The molecule has 1 fully saturated rings. The normalized spacial score (nSPS) is 22.9. The van der Waals surface area contributed by atoms with Crippen LogP contribution in [0.15, 0.2) is 17.2 Å². The Labute approximate surface area is 119 Å². The van der Waals surface area contributed by atoms with Crippen molar-refractivity contribution in [2.45, 2.75) is 13.0 Å². The maximum atomic E-state index is 12.0. The van der Waals surface area contributed by atoms with Gasteiger partial charge < -0.3 is 4.90 Å². The number of hydrogen-bond donors (Lipinski definition) is 1. The summed E-state index contributed by atoms with van der Waals surface area (Å²) in [7, 11) is -4.75. The fourth-order valence-electron chi connectivity index (χ4n) is 2.50. The van der Waals surface area contributed by atoms with Crippen molar-refractivity contribution in [1.82, 2.24) is 14.9 Å². The van der Waals surface area contributed by atoms with Crippen LogP contribution >= 0.6 is 11.3 Å². The molecule has 3 rings (SSSR count). The molecule has 1 N–H and O–H groups in total. The van der Waals surface area contributed by atoms with Gasteiger partial charge in [0.2, 0.25) is 0 Å². The maximum absolute atomic E-state index is 12.0. The number of carbonyl (C=O) groups is 1. The zero-order chi connectivity index (χ0) is 14.5. The highest BCUT2D eigenvalue weighted by molar-refractivity contribution is 7.80. The molecule has 2 amide bonds. The van der Waals surface area contributed by atoms with Gasteiger partial charge in [0.15, 0.2) is 0 Å². The van der Waals surface area contributed by atoms with Crippen molar-refractivity contribution in [3.63, 3.8) is 0 Å². The summed E-state index contributed by atoms with van der Waals surface area (Å²) >= 11 is 1.40. The van der Waals surface area contributed by atoms with E-state index < -0.39 is 22.5 Å². The Morgan fingerprint density at radius 2 is 2.30 bits per heavy atom. The van der Waals surface area contributed by atoms with Crippen molar-refractivity contribution in [1.29, 1.82) is 0 Å². The highest BCUT2D eigenvalue weighted by Crippen LogP contribution is 2.37. The predicted molar refractivity (Wildman–Crippen MR) is 69.9 cm³/mol. The molecule has 1 aromatic rings. The van der Waals surface area contributed by atoms with Crippen LogP contribution in [0.5, 0.6) is 0 Å². The van der Waals surface area contributed by atoms with Gasteiger partial charge in [0.25, 0.3) is 0 Å². The van der Waals surface area contributed by atoms with E-state index in [-0.39, 0.29) is 0 Å². The minimum atomic E-state index is -4.75. The highest BCUT2D eigenvalue weighted by Gasteiger charge is 2.47. The van der Waals surface area contributed by atoms with E-state index in [2.05, 4.69) is 9.27 Å². The summed E-state index contributed by atoms with van der Waals surface area (Å²) in [5.41, 5.74) is 1.69. The quantitative estimate of drug-likeness (QED) is 0.827. The van der Waals surface area contributed by atoms with Crippen molar-refractivity contribution in [3.05, 3.63) is 22.2 Å².